The number of hydrogen-bond acceptors (Lipinski definition) is 2. The van der Waals surface area contributed by atoms with E-state index < -0.39 is 0 Å². The van der Waals surface area contributed by atoms with Gasteiger partial charge in [-0.25, -0.2) is 0 Å². The number of carbonyl (C=O) groups is 1. The molecule has 1 atom stereocenters. The topological polar surface area (TPSA) is 32.3 Å². The largest absolute Gasteiger partial charge is 0.378 e. The molecule has 0 bridgehead atoms. The molecule has 114 valence electrons. The van der Waals surface area contributed by atoms with Crippen molar-refractivity contribution in [3.63, 3.8) is 0 Å². The molecule has 22 heavy (non-hydrogen) atoms. The molecule has 1 unspecified atom stereocenters. The van der Waals surface area contributed by atoms with Crippen molar-refractivity contribution in [1.29, 1.82) is 0 Å². The Balaban J connectivity index is 1.91. The van der Waals surface area contributed by atoms with Crippen LogP contribution in [0.25, 0.3) is 0 Å². The van der Waals surface area contributed by atoms with Crippen molar-refractivity contribution in [2.75, 3.05) is 16.8 Å². The Morgan fingerprint density at radius 2 is 1.91 bits per heavy atom. The average Bonchev–Trinajstić information content (AvgIpc) is 2.49. The van der Waals surface area contributed by atoms with Gasteiger partial charge in [0, 0.05) is 19.5 Å². The summed E-state index contributed by atoms with van der Waals surface area (Å²) in [5.41, 5.74) is 2.86. The molecule has 0 fully saturated rings. The Labute approximate surface area is 139 Å². The first-order valence-corrected chi connectivity index (χ1v) is 7.88. The molecule has 0 saturated carbocycles. The van der Waals surface area contributed by atoms with E-state index in [2.05, 4.69) is 17.4 Å². The normalized spacial score (nSPS) is 16.9. The molecule has 3 nitrogen and oxygen atoms in total. The molecule has 2 aromatic carbocycles. The summed E-state index contributed by atoms with van der Waals surface area (Å²) in [6, 6.07) is 13.9. The minimum Gasteiger partial charge on any atom is -0.378 e. The van der Waals surface area contributed by atoms with E-state index in [1.807, 2.05) is 18.2 Å². The van der Waals surface area contributed by atoms with Crippen molar-refractivity contribution in [1.82, 2.24) is 0 Å². The van der Waals surface area contributed by atoms with E-state index in [-0.39, 0.29) is 11.9 Å². The van der Waals surface area contributed by atoms with Gasteiger partial charge in [0.1, 0.15) is 0 Å². The van der Waals surface area contributed by atoms with E-state index in [9.17, 15) is 4.79 Å². The second-order valence-electron chi connectivity index (χ2n) is 5.44. The number of fused-ring (bicyclic) bond motifs is 1. The maximum Gasteiger partial charge on any atom is 0.223 e. The van der Waals surface area contributed by atoms with Crippen LogP contribution in [0.5, 0.6) is 0 Å². The Morgan fingerprint density at radius 1 is 1.23 bits per heavy atom. The molecule has 0 aliphatic carbocycles. The van der Waals surface area contributed by atoms with Gasteiger partial charge >= 0.3 is 0 Å². The summed E-state index contributed by atoms with van der Waals surface area (Å²) in [6.45, 7) is 2.17. The molecule has 0 aromatic heterocycles. The fraction of sp³-hybridized carbons (Fsp3) is 0.235. The van der Waals surface area contributed by atoms with Crippen molar-refractivity contribution >= 4 is 40.5 Å². The molecule has 1 aliphatic heterocycles. The highest BCUT2D eigenvalue weighted by molar-refractivity contribution is 6.42. The fourth-order valence-corrected chi connectivity index (χ4v) is 3.09. The van der Waals surface area contributed by atoms with Gasteiger partial charge in [0.2, 0.25) is 5.91 Å². The van der Waals surface area contributed by atoms with Crippen LogP contribution in [0.2, 0.25) is 10.0 Å². The van der Waals surface area contributed by atoms with E-state index in [0.717, 1.165) is 17.8 Å². The van der Waals surface area contributed by atoms with Crippen molar-refractivity contribution in [3.05, 3.63) is 58.1 Å². The van der Waals surface area contributed by atoms with Gasteiger partial charge < -0.3 is 10.2 Å². The van der Waals surface area contributed by atoms with E-state index in [1.54, 1.807) is 24.0 Å². The molecular weight excluding hydrogens is 319 g/mol. The van der Waals surface area contributed by atoms with Crippen molar-refractivity contribution in [2.45, 2.75) is 19.4 Å². The van der Waals surface area contributed by atoms with Gasteiger partial charge in [0.15, 0.2) is 0 Å². The third kappa shape index (κ3) is 3.06. The molecule has 1 heterocycles. The van der Waals surface area contributed by atoms with Gasteiger partial charge in [-0.2, -0.15) is 0 Å². The highest BCUT2D eigenvalue weighted by Gasteiger charge is 2.27. The lowest BCUT2D eigenvalue weighted by molar-refractivity contribution is -0.116. The Morgan fingerprint density at radius 3 is 2.59 bits per heavy atom. The summed E-state index contributed by atoms with van der Waals surface area (Å²) in [5, 5.41) is 4.40. The molecular formula is C17H16Cl2N2O. The zero-order valence-electron chi connectivity index (χ0n) is 12.1. The summed E-state index contributed by atoms with van der Waals surface area (Å²) in [6.07, 6.45) is 0.838. The van der Waals surface area contributed by atoms with Gasteiger partial charge in [-0.1, -0.05) is 53.5 Å². The molecule has 0 radical (unpaired) electrons. The van der Waals surface area contributed by atoms with Gasteiger partial charge in [-0.3, -0.25) is 4.79 Å². The third-order valence-electron chi connectivity index (χ3n) is 3.80. The number of benzene rings is 2. The van der Waals surface area contributed by atoms with E-state index >= 15 is 0 Å². The minimum absolute atomic E-state index is 0.000740. The quantitative estimate of drug-likeness (QED) is 0.883. The summed E-state index contributed by atoms with van der Waals surface area (Å²) in [5.74, 6) is -0.000740. The highest BCUT2D eigenvalue weighted by Crippen LogP contribution is 2.38. The fourth-order valence-electron chi connectivity index (χ4n) is 2.77. The monoisotopic (exact) mass is 334 g/mol. The first kappa shape index (κ1) is 15.2. The number of rotatable bonds is 2. The SMILES string of the molecule is CC(=O)N1CC(Cc2ccccc2)Nc2cc(Cl)c(Cl)cc21. The highest BCUT2D eigenvalue weighted by atomic mass is 35.5. The molecule has 2 aromatic rings. The number of carbonyl (C=O) groups excluding carboxylic acids is 1. The first-order valence-electron chi connectivity index (χ1n) is 7.12. The van der Waals surface area contributed by atoms with Crippen LogP contribution >= 0.6 is 23.2 Å². The minimum atomic E-state index is -0.000740. The van der Waals surface area contributed by atoms with Crippen LogP contribution in [-0.4, -0.2) is 18.5 Å². The van der Waals surface area contributed by atoms with Gasteiger partial charge in [0.25, 0.3) is 0 Å². The summed E-state index contributed by atoms with van der Waals surface area (Å²) >= 11 is 12.2. The summed E-state index contributed by atoms with van der Waals surface area (Å²) in [4.78, 5) is 13.7. The van der Waals surface area contributed by atoms with Crippen LogP contribution in [0.4, 0.5) is 11.4 Å². The molecule has 1 amide bonds. The summed E-state index contributed by atoms with van der Waals surface area (Å²) < 4.78 is 0. The lowest BCUT2D eigenvalue weighted by Gasteiger charge is -2.35. The third-order valence-corrected chi connectivity index (χ3v) is 4.52. The Bertz CT molecular complexity index is 703. The van der Waals surface area contributed by atoms with E-state index in [1.165, 1.54) is 5.56 Å². The molecule has 0 spiro atoms. The number of nitrogens with zero attached hydrogens (tertiary/aromatic N) is 1. The van der Waals surface area contributed by atoms with E-state index in [4.69, 9.17) is 23.2 Å². The van der Waals surface area contributed by atoms with Crippen molar-refractivity contribution < 1.29 is 4.79 Å². The predicted molar refractivity (Wildman–Crippen MR) is 92.0 cm³/mol. The zero-order chi connectivity index (χ0) is 15.7. The van der Waals surface area contributed by atoms with Crippen LogP contribution in [0.15, 0.2) is 42.5 Å². The number of nitrogens with one attached hydrogen (secondary N) is 1. The standard InChI is InChI=1S/C17H16Cl2N2O/c1-11(22)21-10-13(7-12-5-3-2-4-6-12)20-16-8-14(18)15(19)9-17(16)21/h2-6,8-9,13,20H,7,10H2,1H3. The predicted octanol–water partition coefficient (Wildman–Crippen LogP) is 4.38. The second-order valence-corrected chi connectivity index (χ2v) is 6.26. The van der Waals surface area contributed by atoms with Crippen LogP contribution in [0.1, 0.15) is 12.5 Å². The lowest BCUT2D eigenvalue weighted by atomic mass is 10.0. The van der Waals surface area contributed by atoms with Crippen molar-refractivity contribution in [2.24, 2.45) is 0 Å². The van der Waals surface area contributed by atoms with Crippen LogP contribution < -0.4 is 10.2 Å². The molecule has 1 N–H and O–H groups in total. The average molecular weight is 335 g/mol. The summed E-state index contributed by atoms with van der Waals surface area (Å²) in [7, 11) is 0. The van der Waals surface area contributed by atoms with Gasteiger partial charge in [0.05, 0.1) is 21.4 Å². The number of halogens is 2. The maximum atomic E-state index is 12.0. The molecule has 5 heteroatoms. The number of hydrogen-bond donors (Lipinski definition) is 1. The molecule has 0 saturated heterocycles. The number of anilines is 2. The Hall–Kier alpha value is -1.71. The lowest BCUT2D eigenvalue weighted by Crippen LogP contribution is -2.44. The Kier molecular flexibility index (Phi) is 4.27. The van der Waals surface area contributed by atoms with Gasteiger partial charge in [-0.05, 0) is 24.1 Å². The zero-order valence-corrected chi connectivity index (χ0v) is 13.7. The van der Waals surface area contributed by atoms with Crippen LogP contribution in [0.3, 0.4) is 0 Å². The van der Waals surface area contributed by atoms with Crippen LogP contribution in [-0.2, 0) is 11.2 Å². The number of amides is 1. The first-order chi connectivity index (χ1) is 10.5. The molecule has 3 rings (SSSR count). The van der Waals surface area contributed by atoms with Gasteiger partial charge in [-0.15, -0.1) is 0 Å². The molecule has 1 aliphatic rings. The maximum absolute atomic E-state index is 12.0. The van der Waals surface area contributed by atoms with E-state index in [0.29, 0.717) is 16.6 Å². The second kappa shape index (κ2) is 6.19. The smallest absolute Gasteiger partial charge is 0.223 e. The van der Waals surface area contributed by atoms with Crippen molar-refractivity contribution in [3.8, 4) is 0 Å². The van der Waals surface area contributed by atoms with Crippen LogP contribution in [0, 0.1) is 0 Å².